The van der Waals surface area contributed by atoms with Gasteiger partial charge in [-0.2, -0.15) is 12.7 Å². The molecule has 0 fully saturated rings. The molecule has 1 atom stereocenters. The highest BCUT2D eigenvalue weighted by atomic mass is 79.9. The van der Waals surface area contributed by atoms with E-state index >= 15 is 0 Å². The molecule has 1 unspecified atom stereocenters. The number of nitrogens with one attached hydrogen (secondary N) is 1. The third-order valence-electron chi connectivity index (χ3n) is 2.29. The molecule has 0 bridgehead atoms. The summed E-state index contributed by atoms with van der Waals surface area (Å²) in [5.41, 5.74) is 0. The van der Waals surface area contributed by atoms with Gasteiger partial charge in [-0.15, -0.1) is 0 Å². The van der Waals surface area contributed by atoms with E-state index in [9.17, 15) is 8.42 Å². The van der Waals surface area contributed by atoms with Gasteiger partial charge < -0.3 is 0 Å². The van der Waals surface area contributed by atoms with Crippen LogP contribution >= 0.6 is 15.9 Å². The van der Waals surface area contributed by atoms with Crippen LogP contribution in [0.15, 0.2) is 0 Å². The molecule has 92 valence electrons. The molecule has 0 rings (SSSR count). The molecular weight excluding hydrogens is 280 g/mol. The quantitative estimate of drug-likeness (QED) is 0.757. The van der Waals surface area contributed by atoms with Crippen LogP contribution in [0.5, 0.6) is 0 Å². The maximum Gasteiger partial charge on any atom is 0.279 e. The molecule has 0 aromatic heterocycles. The Kier molecular flexibility index (Phi) is 6.32. The molecule has 0 aromatic carbocycles. The van der Waals surface area contributed by atoms with Crippen LogP contribution in [0, 0.1) is 5.92 Å². The normalized spacial score (nSPS) is 15.3. The van der Waals surface area contributed by atoms with Crippen LogP contribution in [0.25, 0.3) is 0 Å². The lowest BCUT2D eigenvalue weighted by molar-refractivity contribution is 0.401. The van der Waals surface area contributed by atoms with Gasteiger partial charge in [-0.3, -0.25) is 0 Å². The van der Waals surface area contributed by atoms with Crippen molar-refractivity contribution in [1.82, 2.24) is 9.03 Å². The predicted molar refractivity (Wildman–Crippen MR) is 67.4 cm³/mol. The van der Waals surface area contributed by atoms with E-state index in [4.69, 9.17) is 0 Å². The maximum absolute atomic E-state index is 11.7. The standard InChI is InChI=1S/C9H21BrN2O2S/c1-7(2)9(10)6-11-15(13,14)12(5)8(3)4/h7-9,11H,6H2,1-5H3. The van der Waals surface area contributed by atoms with Gasteiger partial charge in [0.05, 0.1) is 0 Å². The van der Waals surface area contributed by atoms with Crippen molar-refractivity contribution in [3.8, 4) is 0 Å². The second kappa shape index (κ2) is 6.18. The summed E-state index contributed by atoms with van der Waals surface area (Å²) in [6, 6.07) is -0.0321. The summed E-state index contributed by atoms with van der Waals surface area (Å²) >= 11 is 3.44. The van der Waals surface area contributed by atoms with E-state index in [0.29, 0.717) is 12.5 Å². The highest BCUT2D eigenvalue weighted by molar-refractivity contribution is 9.09. The molecule has 0 saturated heterocycles. The first-order valence-corrected chi connectivity index (χ1v) is 7.40. The average Bonchev–Trinajstić information content (AvgIpc) is 2.12. The first-order chi connectivity index (χ1) is 6.68. The van der Waals surface area contributed by atoms with Gasteiger partial charge in [-0.1, -0.05) is 29.8 Å². The van der Waals surface area contributed by atoms with Crippen molar-refractivity contribution in [3.63, 3.8) is 0 Å². The van der Waals surface area contributed by atoms with Crippen LogP contribution < -0.4 is 4.72 Å². The number of nitrogens with zero attached hydrogens (tertiary/aromatic N) is 1. The molecule has 6 heteroatoms. The van der Waals surface area contributed by atoms with Crippen molar-refractivity contribution in [1.29, 1.82) is 0 Å². The maximum atomic E-state index is 11.7. The molecule has 0 saturated carbocycles. The zero-order valence-electron chi connectivity index (χ0n) is 9.99. The lowest BCUT2D eigenvalue weighted by atomic mass is 10.1. The van der Waals surface area contributed by atoms with E-state index in [1.165, 1.54) is 4.31 Å². The van der Waals surface area contributed by atoms with Gasteiger partial charge in [-0.25, -0.2) is 4.72 Å². The Morgan fingerprint density at radius 3 is 2.07 bits per heavy atom. The first kappa shape index (κ1) is 15.3. The van der Waals surface area contributed by atoms with E-state index < -0.39 is 10.2 Å². The zero-order valence-corrected chi connectivity index (χ0v) is 12.4. The number of halogens is 1. The Labute approximate surface area is 102 Å². The fourth-order valence-corrected chi connectivity index (χ4v) is 2.33. The van der Waals surface area contributed by atoms with Crippen LogP contribution in [0.4, 0.5) is 0 Å². The molecule has 0 aromatic rings. The summed E-state index contributed by atoms with van der Waals surface area (Å²) in [5, 5.41) is 0. The number of hydrogen-bond acceptors (Lipinski definition) is 2. The Bertz CT molecular complexity index is 278. The minimum atomic E-state index is -3.33. The van der Waals surface area contributed by atoms with Gasteiger partial charge in [0.1, 0.15) is 0 Å². The lowest BCUT2D eigenvalue weighted by Gasteiger charge is -2.22. The van der Waals surface area contributed by atoms with Crippen LogP contribution in [0.2, 0.25) is 0 Å². The molecule has 0 heterocycles. The Hall–Kier alpha value is 0.350. The minimum absolute atomic E-state index is 0.0321. The van der Waals surface area contributed by atoms with Gasteiger partial charge in [-0.05, 0) is 19.8 Å². The SMILES string of the molecule is CC(C)C(Br)CNS(=O)(=O)N(C)C(C)C. The molecule has 0 spiro atoms. The second-order valence-electron chi connectivity index (χ2n) is 4.22. The topological polar surface area (TPSA) is 49.4 Å². The molecule has 1 N–H and O–H groups in total. The third kappa shape index (κ3) is 5.29. The highest BCUT2D eigenvalue weighted by Crippen LogP contribution is 2.11. The Balaban J connectivity index is 4.29. The van der Waals surface area contributed by atoms with E-state index in [1.54, 1.807) is 7.05 Å². The molecule has 0 aliphatic carbocycles. The molecule has 0 radical (unpaired) electrons. The van der Waals surface area contributed by atoms with Gasteiger partial charge in [0.25, 0.3) is 10.2 Å². The number of rotatable bonds is 6. The molecule has 0 amide bonds. The van der Waals surface area contributed by atoms with Crippen molar-refractivity contribution in [2.45, 2.75) is 38.6 Å². The summed E-state index contributed by atoms with van der Waals surface area (Å²) in [6.07, 6.45) is 0. The number of hydrogen-bond donors (Lipinski definition) is 1. The average molecular weight is 301 g/mol. The Morgan fingerprint density at radius 1 is 1.27 bits per heavy atom. The third-order valence-corrected chi connectivity index (χ3v) is 5.38. The van der Waals surface area contributed by atoms with E-state index in [0.717, 1.165) is 0 Å². The van der Waals surface area contributed by atoms with Gasteiger partial charge in [0.15, 0.2) is 0 Å². The minimum Gasteiger partial charge on any atom is -0.201 e. The van der Waals surface area contributed by atoms with Crippen LogP contribution in [0.1, 0.15) is 27.7 Å². The van der Waals surface area contributed by atoms with Gasteiger partial charge >= 0.3 is 0 Å². The second-order valence-corrected chi connectivity index (χ2v) is 7.21. The lowest BCUT2D eigenvalue weighted by Crippen LogP contribution is -2.44. The van der Waals surface area contributed by atoms with Crippen molar-refractivity contribution in [2.24, 2.45) is 5.92 Å². The first-order valence-electron chi connectivity index (χ1n) is 5.05. The summed E-state index contributed by atoms with van der Waals surface area (Å²) in [7, 11) is -1.76. The molecular formula is C9H21BrN2O2S. The highest BCUT2D eigenvalue weighted by Gasteiger charge is 2.21. The van der Waals surface area contributed by atoms with Crippen LogP contribution in [-0.4, -0.2) is 37.2 Å². The summed E-state index contributed by atoms with van der Waals surface area (Å²) in [6.45, 7) is 8.18. The Morgan fingerprint density at radius 2 is 1.73 bits per heavy atom. The predicted octanol–water partition coefficient (Wildman–Crippen LogP) is 1.58. The summed E-state index contributed by atoms with van der Waals surface area (Å²) < 4.78 is 27.3. The van der Waals surface area contributed by atoms with E-state index in [2.05, 4.69) is 20.7 Å². The molecule has 0 aliphatic heterocycles. The molecule has 4 nitrogen and oxygen atoms in total. The molecule has 0 aliphatic rings. The van der Waals surface area contributed by atoms with Crippen molar-refractivity contribution < 1.29 is 8.42 Å². The van der Waals surface area contributed by atoms with Crippen LogP contribution in [0.3, 0.4) is 0 Å². The fraction of sp³-hybridized carbons (Fsp3) is 1.00. The van der Waals surface area contributed by atoms with Crippen molar-refractivity contribution >= 4 is 26.1 Å². The monoisotopic (exact) mass is 300 g/mol. The fourth-order valence-electron chi connectivity index (χ4n) is 0.800. The number of alkyl halides is 1. The van der Waals surface area contributed by atoms with E-state index in [1.807, 2.05) is 27.7 Å². The summed E-state index contributed by atoms with van der Waals surface area (Å²) in [5.74, 6) is 0.400. The largest absolute Gasteiger partial charge is 0.279 e. The molecule has 15 heavy (non-hydrogen) atoms. The van der Waals surface area contributed by atoms with Crippen molar-refractivity contribution in [2.75, 3.05) is 13.6 Å². The summed E-state index contributed by atoms with van der Waals surface area (Å²) in [4.78, 5) is 0.160. The van der Waals surface area contributed by atoms with Gasteiger partial charge in [0.2, 0.25) is 0 Å². The van der Waals surface area contributed by atoms with Gasteiger partial charge in [0, 0.05) is 24.5 Å². The van der Waals surface area contributed by atoms with Crippen molar-refractivity contribution in [3.05, 3.63) is 0 Å². The zero-order chi connectivity index (χ0) is 12.2. The van der Waals surface area contributed by atoms with Crippen LogP contribution in [-0.2, 0) is 10.2 Å². The smallest absolute Gasteiger partial charge is 0.201 e. The van der Waals surface area contributed by atoms with E-state index in [-0.39, 0.29) is 10.9 Å².